The lowest BCUT2D eigenvalue weighted by molar-refractivity contribution is 0.234. The Kier molecular flexibility index (Phi) is 3.75. The van der Waals surface area contributed by atoms with E-state index in [1.54, 1.807) is 0 Å². The molecule has 14 heavy (non-hydrogen) atoms. The molecule has 0 unspecified atom stereocenters. The number of benzene rings is 1. The quantitative estimate of drug-likeness (QED) is 0.538. The van der Waals surface area contributed by atoms with Crippen LogP contribution in [0.5, 0.6) is 0 Å². The molecule has 0 N–H and O–H groups in total. The monoisotopic (exact) mass is 187 g/mol. The van der Waals surface area contributed by atoms with E-state index in [0.717, 1.165) is 5.56 Å². The Morgan fingerprint density at radius 2 is 2.00 bits per heavy atom. The number of rotatable bonds is 3. The van der Waals surface area contributed by atoms with Crippen LogP contribution in [-0.2, 0) is 4.74 Å². The van der Waals surface area contributed by atoms with Gasteiger partial charge in [0.1, 0.15) is 11.8 Å². The van der Waals surface area contributed by atoms with Gasteiger partial charge < -0.3 is 4.74 Å². The number of nitrogens with zero attached hydrogens (tertiary/aromatic N) is 1. The fourth-order valence-corrected chi connectivity index (χ4v) is 1.24. The molecule has 72 valence electrons. The second-order valence-electron chi connectivity index (χ2n) is 2.84. The number of allylic oxidation sites excluding steroid dienone is 2. The average molecular weight is 187 g/mol. The molecule has 0 aromatic heterocycles. The number of hydrogen-bond acceptors (Lipinski definition) is 2. The van der Waals surface area contributed by atoms with Gasteiger partial charge in [-0.3, -0.25) is 0 Å². The van der Waals surface area contributed by atoms with Crippen LogP contribution in [0.1, 0.15) is 19.4 Å². The Hall–Kier alpha value is -1.75. The van der Waals surface area contributed by atoms with E-state index < -0.39 is 0 Å². The molecular weight excluding hydrogens is 174 g/mol. The van der Waals surface area contributed by atoms with Crippen LogP contribution in [0.15, 0.2) is 36.1 Å². The van der Waals surface area contributed by atoms with Crippen molar-refractivity contribution in [1.82, 2.24) is 0 Å². The third kappa shape index (κ3) is 2.37. The van der Waals surface area contributed by atoms with E-state index >= 15 is 0 Å². The highest BCUT2D eigenvalue weighted by Gasteiger charge is 2.04. The van der Waals surface area contributed by atoms with Crippen LogP contribution in [0.3, 0.4) is 0 Å². The molecule has 1 aromatic carbocycles. The lowest BCUT2D eigenvalue weighted by atomic mass is 10.1. The van der Waals surface area contributed by atoms with Crippen LogP contribution in [0, 0.1) is 11.3 Å². The molecule has 1 rings (SSSR count). The Labute approximate surface area is 84.4 Å². The summed E-state index contributed by atoms with van der Waals surface area (Å²) in [6.45, 7) is 4.31. The van der Waals surface area contributed by atoms with Crippen LogP contribution in [-0.4, -0.2) is 6.61 Å². The number of nitriles is 1. The van der Waals surface area contributed by atoms with Crippen molar-refractivity contribution in [3.8, 4) is 6.07 Å². The third-order valence-electron chi connectivity index (χ3n) is 1.89. The van der Waals surface area contributed by atoms with E-state index in [0.29, 0.717) is 17.9 Å². The summed E-state index contributed by atoms with van der Waals surface area (Å²) in [4.78, 5) is 0. The molecule has 2 heteroatoms. The summed E-state index contributed by atoms with van der Waals surface area (Å²) in [5.74, 6) is 0.682. The van der Waals surface area contributed by atoms with E-state index in [4.69, 9.17) is 10.00 Å². The first-order valence-electron chi connectivity index (χ1n) is 4.58. The van der Waals surface area contributed by atoms with Crippen molar-refractivity contribution < 1.29 is 4.74 Å². The average Bonchev–Trinajstić information content (AvgIpc) is 2.21. The molecule has 2 nitrogen and oxygen atoms in total. The summed E-state index contributed by atoms with van der Waals surface area (Å²) in [5, 5.41) is 8.99. The minimum atomic E-state index is 0.587. The van der Waals surface area contributed by atoms with Crippen molar-refractivity contribution in [2.75, 3.05) is 6.61 Å². The molecule has 0 aliphatic rings. The first-order valence-corrected chi connectivity index (χ1v) is 4.58. The van der Waals surface area contributed by atoms with Crippen molar-refractivity contribution in [2.24, 2.45) is 0 Å². The summed E-state index contributed by atoms with van der Waals surface area (Å²) in [5.41, 5.74) is 1.51. The summed E-state index contributed by atoms with van der Waals surface area (Å²) in [7, 11) is 0. The van der Waals surface area contributed by atoms with Crippen LogP contribution in [0.2, 0.25) is 0 Å². The minimum Gasteiger partial charge on any atom is -0.497 e. The van der Waals surface area contributed by atoms with Crippen LogP contribution in [0.4, 0.5) is 0 Å². The van der Waals surface area contributed by atoms with Crippen LogP contribution < -0.4 is 0 Å². The van der Waals surface area contributed by atoms with Crippen molar-refractivity contribution in [3.63, 3.8) is 0 Å². The normalized spacial score (nSPS) is 11.5. The van der Waals surface area contributed by atoms with E-state index in [2.05, 4.69) is 6.07 Å². The van der Waals surface area contributed by atoms with E-state index in [9.17, 15) is 0 Å². The zero-order valence-electron chi connectivity index (χ0n) is 8.45. The molecule has 0 bridgehead atoms. The van der Waals surface area contributed by atoms with Gasteiger partial charge in [-0.05, 0) is 19.4 Å². The molecule has 0 saturated carbocycles. The first-order chi connectivity index (χ1) is 6.79. The molecule has 0 saturated heterocycles. The molecule has 0 fully saturated rings. The van der Waals surface area contributed by atoms with Gasteiger partial charge in [0.05, 0.1) is 12.2 Å². The number of hydrogen-bond donors (Lipinski definition) is 0. The lowest BCUT2D eigenvalue weighted by Gasteiger charge is -2.06. The van der Waals surface area contributed by atoms with Gasteiger partial charge in [-0.15, -0.1) is 0 Å². The molecule has 0 amide bonds. The molecule has 0 spiro atoms. The van der Waals surface area contributed by atoms with Crippen molar-refractivity contribution >= 4 is 5.57 Å². The Morgan fingerprint density at radius 1 is 1.36 bits per heavy atom. The van der Waals surface area contributed by atoms with E-state index in [1.165, 1.54) is 0 Å². The smallest absolute Gasteiger partial charge is 0.111 e. The second kappa shape index (κ2) is 5.08. The van der Waals surface area contributed by atoms with E-state index in [-0.39, 0.29) is 0 Å². The molecule has 0 heterocycles. The molecular formula is C12H13NO. The third-order valence-corrected chi connectivity index (χ3v) is 1.89. The van der Waals surface area contributed by atoms with Gasteiger partial charge >= 0.3 is 0 Å². The zero-order valence-corrected chi connectivity index (χ0v) is 8.45. The standard InChI is InChI=1S/C12H13NO/c1-3-14-10(2)12(9-13)11-7-5-4-6-8-11/h4-8H,3H2,1-2H3/b12-10+. The van der Waals surface area contributed by atoms with Gasteiger partial charge in [-0.1, -0.05) is 30.3 Å². The summed E-state index contributed by atoms with van der Waals surface area (Å²) < 4.78 is 5.31. The van der Waals surface area contributed by atoms with Crippen molar-refractivity contribution in [2.45, 2.75) is 13.8 Å². The SMILES string of the molecule is CCO/C(C)=C(\C#N)c1ccccc1. The maximum Gasteiger partial charge on any atom is 0.111 e. The van der Waals surface area contributed by atoms with E-state index in [1.807, 2.05) is 44.2 Å². The summed E-state index contributed by atoms with van der Waals surface area (Å²) >= 11 is 0. The fraction of sp³-hybridized carbons (Fsp3) is 0.250. The largest absolute Gasteiger partial charge is 0.497 e. The first kappa shape index (κ1) is 10.3. The fourth-order valence-electron chi connectivity index (χ4n) is 1.24. The second-order valence-corrected chi connectivity index (χ2v) is 2.84. The molecule has 0 radical (unpaired) electrons. The van der Waals surface area contributed by atoms with Gasteiger partial charge in [-0.25, -0.2) is 0 Å². The Balaban J connectivity index is 3.06. The maximum absolute atomic E-state index is 8.99. The van der Waals surface area contributed by atoms with Gasteiger partial charge in [0, 0.05) is 0 Å². The predicted octanol–water partition coefficient (Wildman–Crippen LogP) is 2.98. The predicted molar refractivity (Wildman–Crippen MR) is 56.3 cm³/mol. The van der Waals surface area contributed by atoms with Gasteiger partial charge in [-0.2, -0.15) is 5.26 Å². The van der Waals surface area contributed by atoms with Gasteiger partial charge in [0.25, 0.3) is 0 Å². The number of ether oxygens (including phenoxy) is 1. The van der Waals surface area contributed by atoms with Gasteiger partial charge in [0.2, 0.25) is 0 Å². The highest BCUT2D eigenvalue weighted by molar-refractivity contribution is 5.77. The molecule has 1 aromatic rings. The summed E-state index contributed by atoms with van der Waals surface area (Å²) in [6.07, 6.45) is 0. The Bertz CT molecular complexity index is 360. The summed E-state index contributed by atoms with van der Waals surface area (Å²) in [6, 6.07) is 11.7. The molecule has 0 aliphatic carbocycles. The lowest BCUT2D eigenvalue weighted by Crippen LogP contribution is -1.92. The maximum atomic E-state index is 8.99. The highest BCUT2D eigenvalue weighted by atomic mass is 16.5. The Morgan fingerprint density at radius 3 is 2.50 bits per heavy atom. The molecule has 0 atom stereocenters. The topological polar surface area (TPSA) is 33.0 Å². The van der Waals surface area contributed by atoms with Crippen LogP contribution >= 0.6 is 0 Å². The van der Waals surface area contributed by atoms with Crippen LogP contribution in [0.25, 0.3) is 5.57 Å². The van der Waals surface area contributed by atoms with Gasteiger partial charge in [0.15, 0.2) is 0 Å². The molecule has 0 aliphatic heterocycles. The zero-order chi connectivity index (χ0) is 10.4. The minimum absolute atomic E-state index is 0.587. The van der Waals surface area contributed by atoms with Crippen molar-refractivity contribution in [3.05, 3.63) is 41.7 Å². The van der Waals surface area contributed by atoms with Crippen molar-refractivity contribution in [1.29, 1.82) is 5.26 Å². The highest BCUT2D eigenvalue weighted by Crippen LogP contribution is 2.17.